The van der Waals surface area contributed by atoms with Gasteiger partial charge < -0.3 is 10.6 Å². The van der Waals surface area contributed by atoms with Gasteiger partial charge in [0.2, 0.25) is 0 Å². The number of nitriles is 1. The number of nitrogens with zero attached hydrogens (tertiary/aromatic N) is 1. The van der Waals surface area contributed by atoms with Crippen LogP contribution in [0.4, 0.5) is 33.3 Å². The average molecular weight is 639 g/mol. The van der Waals surface area contributed by atoms with E-state index in [9.17, 15) is 32.4 Å². The molecule has 1 unspecified atom stereocenters. The third kappa shape index (κ3) is 6.04. The van der Waals surface area contributed by atoms with Crippen molar-refractivity contribution in [2.45, 2.75) is 11.8 Å². The van der Waals surface area contributed by atoms with Crippen molar-refractivity contribution in [3.05, 3.63) is 128 Å². The molecule has 13 heteroatoms. The zero-order valence-corrected chi connectivity index (χ0v) is 23.1. The van der Waals surface area contributed by atoms with E-state index in [1.165, 1.54) is 30.3 Å². The van der Waals surface area contributed by atoms with Crippen LogP contribution in [0.5, 0.6) is 0 Å². The summed E-state index contributed by atoms with van der Waals surface area (Å²) in [4.78, 5) is 25.6. The van der Waals surface area contributed by atoms with Gasteiger partial charge in [-0.1, -0.05) is 59.1 Å². The fourth-order valence-electron chi connectivity index (χ4n) is 3.97. The van der Waals surface area contributed by atoms with Crippen molar-refractivity contribution in [2.24, 2.45) is 0 Å². The molecule has 0 aliphatic heterocycles. The molecule has 5 nitrogen and oxygen atoms in total. The smallest absolute Gasteiger partial charge is 0.321 e. The number of hydrogen-bond acceptors (Lipinski definition) is 3. The van der Waals surface area contributed by atoms with Gasteiger partial charge in [0.15, 0.2) is 0 Å². The first-order chi connectivity index (χ1) is 19.8. The molecule has 0 radical (unpaired) electrons. The molecule has 0 aliphatic carbocycles. The minimum atomic E-state index is -5.43. The lowest BCUT2D eigenvalue weighted by Gasteiger charge is -2.29. The van der Waals surface area contributed by atoms with E-state index in [0.717, 1.165) is 36.4 Å². The van der Waals surface area contributed by atoms with Crippen LogP contribution < -0.4 is 10.6 Å². The van der Waals surface area contributed by atoms with Gasteiger partial charge in [0.05, 0.1) is 32.5 Å². The van der Waals surface area contributed by atoms with Crippen LogP contribution >= 0.6 is 34.8 Å². The van der Waals surface area contributed by atoms with Crippen molar-refractivity contribution in [1.82, 2.24) is 0 Å². The summed E-state index contributed by atoms with van der Waals surface area (Å²) >= 11 is 18.1. The van der Waals surface area contributed by atoms with Gasteiger partial charge in [-0.05, 0) is 54.6 Å². The van der Waals surface area contributed by atoms with Crippen molar-refractivity contribution in [3.8, 4) is 6.07 Å². The number of amides is 2. The Bertz CT molecular complexity index is 1720. The van der Waals surface area contributed by atoms with E-state index in [2.05, 4.69) is 10.6 Å². The monoisotopic (exact) mass is 637 g/mol. The van der Waals surface area contributed by atoms with Crippen molar-refractivity contribution < 1.29 is 31.5 Å². The van der Waals surface area contributed by atoms with Gasteiger partial charge in [-0.25, -0.2) is 8.78 Å². The third-order valence-corrected chi connectivity index (χ3v) is 6.93. The summed E-state index contributed by atoms with van der Waals surface area (Å²) in [6.07, 6.45) is -5.43. The number of nitrogens with one attached hydrogen (secondary N) is 2. The van der Waals surface area contributed by atoms with Gasteiger partial charge in [-0.3, -0.25) is 9.59 Å². The van der Waals surface area contributed by atoms with Crippen molar-refractivity contribution >= 4 is 58.0 Å². The molecule has 0 saturated heterocycles. The van der Waals surface area contributed by atoms with E-state index in [0.29, 0.717) is 12.1 Å². The summed E-state index contributed by atoms with van der Waals surface area (Å²) in [5, 5.41) is 13.2. The molecule has 2 N–H and O–H groups in total. The molecule has 0 fully saturated rings. The summed E-state index contributed by atoms with van der Waals surface area (Å²) in [7, 11) is 0. The van der Waals surface area contributed by atoms with Crippen molar-refractivity contribution in [3.63, 3.8) is 0 Å². The Labute approximate surface area is 250 Å². The normalized spacial score (nSPS) is 12.6. The Kier molecular flexibility index (Phi) is 8.78. The summed E-state index contributed by atoms with van der Waals surface area (Å²) in [6.45, 7) is 0. The summed E-state index contributed by atoms with van der Waals surface area (Å²) in [6, 6.07) is 15.8. The molecule has 1 atom stereocenters. The van der Waals surface area contributed by atoms with E-state index < -0.39 is 50.6 Å². The maximum Gasteiger partial charge on any atom is 0.431 e. The maximum absolute atomic E-state index is 15.8. The van der Waals surface area contributed by atoms with E-state index in [4.69, 9.17) is 34.8 Å². The minimum absolute atomic E-state index is 0.0507. The number of alkyl halides is 4. The molecule has 0 spiro atoms. The predicted molar refractivity (Wildman–Crippen MR) is 149 cm³/mol. The van der Waals surface area contributed by atoms with E-state index in [-0.39, 0.29) is 33.1 Å². The highest BCUT2D eigenvalue weighted by atomic mass is 35.5. The average Bonchev–Trinajstić information content (AvgIpc) is 2.94. The quantitative estimate of drug-likeness (QED) is 0.207. The summed E-state index contributed by atoms with van der Waals surface area (Å²) in [5.74, 6) is -2.59. The maximum atomic E-state index is 15.8. The van der Waals surface area contributed by atoms with Gasteiger partial charge in [0, 0.05) is 21.7 Å². The van der Waals surface area contributed by atoms with Crippen molar-refractivity contribution in [2.75, 3.05) is 10.6 Å². The molecule has 0 heterocycles. The van der Waals surface area contributed by atoms with Crippen LogP contribution in [0.2, 0.25) is 15.1 Å². The van der Waals surface area contributed by atoms with E-state index >= 15 is 4.39 Å². The topological polar surface area (TPSA) is 82.0 Å². The molecular formula is C29H15Cl3F5N3O2. The van der Waals surface area contributed by atoms with Gasteiger partial charge in [0.25, 0.3) is 17.5 Å². The fraction of sp³-hybridized carbons (Fsp3) is 0.0690. The fourth-order valence-corrected chi connectivity index (χ4v) is 4.68. The molecule has 4 aromatic rings. The molecular weight excluding hydrogens is 624 g/mol. The highest BCUT2D eigenvalue weighted by Crippen LogP contribution is 2.50. The van der Waals surface area contributed by atoms with Gasteiger partial charge in [0.1, 0.15) is 11.9 Å². The second-order valence-corrected chi connectivity index (χ2v) is 9.99. The van der Waals surface area contributed by atoms with Crippen molar-refractivity contribution in [1.29, 1.82) is 5.26 Å². The molecule has 42 heavy (non-hydrogen) atoms. The van der Waals surface area contributed by atoms with E-state index in [1.54, 1.807) is 0 Å². The Morgan fingerprint density at radius 3 is 1.95 bits per heavy atom. The minimum Gasteiger partial charge on any atom is -0.321 e. The number of carbonyl (C=O) groups excluding carboxylic acids is 2. The number of halogens is 8. The van der Waals surface area contributed by atoms with Crippen LogP contribution in [0.1, 0.15) is 37.4 Å². The molecule has 0 saturated carbocycles. The lowest BCUT2D eigenvalue weighted by molar-refractivity contribution is -0.219. The van der Waals surface area contributed by atoms with Gasteiger partial charge >= 0.3 is 6.18 Å². The third-order valence-electron chi connectivity index (χ3n) is 6.08. The number of hydrogen-bond donors (Lipinski definition) is 2. The first-order valence-electron chi connectivity index (χ1n) is 11.7. The number of benzene rings is 4. The predicted octanol–water partition coefficient (Wildman–Crippen LogP) is 8.94. The van der Waals surface area contributed by atoms with Crippen LogP contribution in [-0.2, 0) is 5.67 Å². The molecule has 4 rings (SSSR count). The van der Waals surface area contributed by atoms with E-state index in [1.807, 2.05) is 6.07 Å². The Hall–Kier alpha value is -4.17. The second kappa shape index (κ2) is 12.0. The SMILES string of the molecule is N#Cc1ccc(C(=O)Nc2c(Cl)cc(C(F)(c3ccc(Cl)cc3)C(F)(F)F)cc2Cl)cc1NC(=O)c1ccccc1F. The first-order valence-corrected chi connectivity index (χ1v) is 12.8. The highest BCUT2D eigenvalue weighted by Gasteiger charge is 2.58. The van der Waals surface area contributed by atoms with Gasteiger partial charge in [-0.2, -0.15) is 18.4 Å². The van der Waals surface area contributed by atoms with Gasteiger partial charge in [-0.15, -0.1) is 0 Å². The molecule has 0 aliphatic rings. The molecule has 0 aromatic heterocycles. The standard InChI is InChI=1S/C29H15Cl3F5N3O2/c30-19-9-7-17(8-10-19)28(34,29(35,36)37)18-12-21(31)25(22(32)13-18)40-26(41)15-5-6-16(14-38)24(11-15)39-27(42)20-3-1-2-4-23(20)33/h1-13H,(H,39,42)(H,40,41). The molecule has 2 amide bonds. The second-order valence-electron chi connectivity index (χ2n) is 8.74. The van der Waals surface area contributed by atoms with Crippen LogP contribution in [0.25, 0.3) is 0 Å². The number of carbonyl (C=O) groups is 2. The molecule has 214 valence electrons. The van der Waals surface area contributed by atoms with Crippen LogP contribution in [0.15, 0.2) is 78.9 Å². The zero-order chi connectivity index (χ0) is 30.8. The molecule has 4 aromatic carbocycles. The van der Waals surface area contributed by atoms with Crippen LogP contribution in [0, 0.1) is 17.1 Å². The Morgan fingerprint density at radius 1 is 0.762 bits per heavy atom. The number of anilines is 2. The van der Waals surface area contributed by atoms with Crippen LogP contribution in [0.3, 0.4) is 0 Å². The highest BCUT2D eigenvalue weighted by molar-refractivity contribution is 6.40. The number of rotatable bonds is 6. The Balaban J connectivity index is 1.65. The largest absolute Gasteiger partial charge is 0.431 e. The Morgan fingerprint density at radius 2 is 1.38 bits per heavy atom. The summed E-state index contributed by atoms with van der Waals surface area (Å²) in [5.41, 5.74) is -6.68. The lowest BCUT2D eigenvalue weighted by Crippen LogP contribution is -2.39. The zero-order valence-electron chi connectivity index (χ0n) is 20.8. The van der Waals surface area contributed by atoms with Crippen LogP contribution in [-0.4, -0.2) is 18.0 Å². The summed E-state index contributed by atoms with van der Waals surface area (Å²) < 4.78 is 72.0. The molecule has 0 bridgehead atoms. The first kappa shape index (κ1) is 30.8. The lowest BCUT2D eigenvalue weighted by atomic mass is 9.87.